The molecule has 1 aliphatic heterocycles. The maximum absolute atomic E-state index is 12.5. The molecule has 0 aliphatic carbocycles. The average Bonchev–Trinajstić information content (AvgIpc) is 2.86. The normalized spacial score (nSPS) is 17.1. The van der Waals surface area contributed by atoms with E-state index < -0.39 is 0 Å². The molecule has 1 aromatic rings. The number of nitrogens with one attached hydrogen (secondary N) is 1. The first-order chi connectivity index (χ1) is 9.60. The van der Waals surface area contributed by atoms with E-state index in [9.17, 15) is 4.79 Å². The number of rotatable bonds is 5. The van der Waals surface area contributed by atoms with Crippen molar-refractivity contribution >= 4 is 30.7 Å². The second-order valence-corrected chi connectivity index (χ2v) is 5.90. The molecule has 1 amide bonds. The molecule has 22 heavy (non-hydrogen) atoms. The van der Waals surface area contributed by atoms with E-state index in [1.54, 1.807) is 0 Å². The molecule has 1 N–H and O–H groups in total. The maximum atomic E-state index is 12.5. The molecule has 1 aliphatic rings. The van der Waals surface area contributed by atoms with E-state index in [1.165, 1.54) is 5.56 Å². The molecule has 4 nitrogen and oxygen atoms in total. The number of carbonyl (C=O) groups excluding carboxylic acids is 1. The minimum absolute atomic E-state index is 0. The van der Waals surface area contributed by atoms with Crippen molar-refractivity contribution in [2.24, 2.45) is 5.92 Å². The van der Waals surface area contributed by atoms with Crippen LogP contribution in [0, 0.1) is 5.92 Å². The van der Waals surface area contributed by atoms with Gasteiger partial charge in [0.15, 0.2) is 0 Å². The molecule has 1 fully saturated rings. The summed E-state index contributed by atoms with van der Waals surface area (Å²) in [4.78, 5) is 16.6. The molecule has 0 bridgehead atoms. The number of hydrogen-bond acceptors (Lipinski definition) is 3. The Morgan fingerprint density at radius 1 is 1.36 bits per heavy atom. The highest BCUT2D eigenvalue weighted by atomic mass is 35.5. The molecule has 126 valence electrons. The molecule has 1 atom stereocenters. The number of halogens is 2. The molecule has 6 heteroatoms. The number of likely N-dealkylation sites (tertiary alicyclic amines) is 1. The van der Waals surface area contributed by atoms with Crippen LogP contribution in [-0.2, 0) is 6.54 Å². The summed E-state index contributed by atoms with van der Waals surface area (Å²) in [5, 5.41) is 3.20. The van der Waals surface area contributed by atoms with Crippen LogP contribution in [0.15, 0.2) is 24.3 Å². The zero-order valence-corrected chi connectivity index (χ0v) is 15.2. The predicted molar refractivity (Wildman–Crippen MR) is 96.3 cm³/mol. The topological polar surface area (TPSA) is 35.6 Å². The van der Waals surface area contributed by atoms with Gasteiger partial charge in [0, 0.05) is 25.2 Å². The largest absolute Gasteiger partial charge is 0.338 e. The van der Waals surface area contributed by atoms with Crippen molar-refractivity contribution in [1.82, 2.24) is 15.1 Å². The first-order valence-corrected chi connectivity index (χ1v) is 7.27. The third kappa shape index (κ3) is 5.76. The highest BCUT2D eigenvalue weighted by molar-refractivity contribution is 5.94. The highest BCUT2D eigenvalue weighted by Gasteiger charge is 2.26. The molecule has 1 unspecified atom stereocenters. The molecule has 0 spiro atoms. The molecule has 0 saturated carbocycles. The van der Waals surface area contributed by atoms with E-state index >= 15 is 0 Å². The minimum Gasteiger partial charge on any atom is -0.338 e. The van der Waals surface area contributed by atoms with Crippen LogP contribution in [0.5, 0.6) is 0 Å². The van der Waals surface area contributed by atoms with E-state index in [1.807, 2.05) is 44.2 Å². The summed E-state index contributed by atoms with van der Waals surface area (Å²) in [5.74, 6) is 0.762. The van der Waals surface area contributed by atoms with Gasteiger partial charge in [0.25, 0.3) is 5.91 Å². The maximum Gasteiger partial charge on any atom is 0.253 e. The molecule has 2 rings (SSSR count). The van der Waals surface area contributed by atoms with Crippen molar-refractivity contribution in [3.63, 3.8) is 0 Å². The lowest BCUT2D eigenvalue weighted by Gasteiger charge is -2.17. The Bertz CT molecular complexity index is 468. The number of benzene rings is 1. The van der Waals surface area contributed by atoms with E-state index in [0.29, 0.717) is 5.92 Å². The van der Waals surface area contributed by atoms with Crippen LogP contribution in [-0.4, -0.2) is 56.5 Å². The fourth-order valence-corrected chi connectivity index (χ4v) is 2.82. The molecule has 0 radical (unpaired) electrons. The average molecular weight is 348 g/mol. The summed E-state index contributed by atoms with van der Waals surface area (Å²) in [7, 11) is 6.05. The monoisotopic (exact) mass is 347 g/mol. The Hall–Kier alpha value is -0.810. The van der Waals surface area contributed by atoms with Crippen LogP contribution < -0.4 is 5.32 Å². The number of carbonyl (C=O) groups is 1. The van der Waals surface area contributed by atoms with Crippen LogP contribution in [0.25, 0.3) is 0 Å². The standard InChI is InChI=1S/C16H25N3O.2ClH/c1-17-10-14-7-8-19(12-14)16(20)15-6-4-5-13(9-15)11-18(2)3;;/h4-6,9,14,17H,7-8,10-12H2,1-3H3;2*1H. The van der Waals surface area contributed by atoms with Crippen LogP contribution in [0.4, 0.5) is 0 Å². The Balaban J connectivity index is 0.00000220. The van der Waals surface area contributed by atoms with E-state index in [2.05, 4.69) is 16.3 Å². The molecule has 1 heterocycles. The Labute approximate surface area is 146 Å². The van der Waals surface area contributed by atoms with Crippen molar-refractivity contribution < 1.29 is 4.79 Å². The number of amides is 1. The van der Waals surface area contributed by atoms with Gasteiger partial charge in [-0.25, -0.2) is 0 Å². The summed E-state index contributed by atoms with van der Waals surface area (Å²) in [6, 6.07) is 8.00. The fourth-order valence-electron chi connectivity index (χ4n) is 2.82. The smallest absolute Gasteiger partial charge is 0.253 e. The first kappa shape index (κ1) is 21.2. The third-order valence-electron chi connectivity index (χ3n) is 3.74. The number of nitrogens with zero attached hydrogens (tertiary/aromatic N) is 2. The van der Waals surface area contributed by atoms with Crippen LogP contribution in [0.1, 0.15) is 22.3 Å². The molecule has 1 aromatic carbocycles. The van der Waals surface area contributed by atoms with Crippen molar-refractivity contribution in [1.29, 1.82) is 0 Å². The predicted octanol–water partition coefficient (Wildman–Crippen LogP) is 2.27. The lowest BCUT2D eigenvalue weighted by Crippen LogP contribution is -2.30. The molecule has 0 aromatic heterocycles. The van der Waals surface area contributed by atoms with Crippen LogP contribution >= 0.6 is 24.8 Å². The quantitative estimate of drug-likeness (QED) is 0.887. The zero-order valence-electron chi connectivity index (χ0n) is 13.5. The lowest BCUT2D eigenvalue weighted by molar-refractivity contribution is 0.0787. The van der Waals surface area contributed by atoms with Crippen molar-refractivity contribution in [3.05, 3.63) is 35.4 Å². The van der Waals surface area contributed by atoms with Crippen molar-refractivity contribution in [2.45, 2.75) is 13.0 Å². The van der Waals surface area contributed by atoms with Gasteiger partial charge in [-0.15, -0.1) is 24.8 Å². The van der Waals surface area contributed by atoms with Crippen molar-refractivity contribution in [2.75, 3.05) is 40.8 Å². The molecule has 1 saturated heterocycles. The second-order valence-electron chi connectivity index (χ2n) is 5.90. The summed E-state index contributed by atoms with van der Waals surface area (Å²) in [6.45, 7) is 3.61. The van der Waals surface area contributed by atoms with Gasteiger partial charge >= 0.3 is 0 Å². The lowest BCUT2D eigenvalue weighted by atomic mass is 10.1. The molecular formula is C16H27Cl2N3O. The Morgan fingerprint density at radius 3 is 2.73 bits per heavy atom. The van der Waals surface area contributed by atoms with Crippen LogP contribution in [0.3, 0.4) is 0 Å². The van der Waals surface area contributed by atoms with Gasteiger partial charge in [-0.3, -0.25) is 4.79 Å². The van der Waals surface area contributed by atoms with Gasteiger partial charge in [-0.05, 0) is 57.7 Å². The summed E-state index contributed by atoms with van der Waals surface area (Å²) in [6.07, 6.45) is 1.10. The van der Waals surface area contributed by atoms with Crippen molar-refractivity contribution in [3.8, 4) is 0 Å². The third-order valence-corrected chi connectivity index (χ3v) is 3.74. The van der Waals surface area contributed by atoms with Gasteiger partial charge in [0.2, 0.25) is 0 Å². The fraction of sp³-hybridized carbons (Fsp3) is 0.562. The molecular weight excluding hydrogens is 321 g/mol. The van der Waals surface area contributed by atoms with E-state index in [0.717, 1.165) is 38.2 Å². The van der Waals surface area contributed by atoms with E-state index in [-0.39, 0.29) is 30.7 Å². The van der Waals surface area contributed by atoms with Gasteiger partial charge < -0.3 is 15.1 Å². The summed E-state index contributed by atoms with van der Waals surface area (Å²) in [5.41, 5.74) is 2.00. The van der Waals surface area contributed by atoms with Gasteiger partial charge in [-0.2, -0.15) is 0 Å². The highest BCUT2D eigenvalue weighted by Crippen LogP contribution is 2.19. The second kappa shape index (κ2) is 10.1. The van der Waals surface area contributed by atoms with Gasteiger partial charge in [-0.1, -0.05) is 12.1 Å². The SMILES string of the molecule is CNCC1CCN(C(=O)c2cccc(CN(C)C)c2)C1.Cl.Cl. The van der Waals surface area contributed by atoms with Crippen LogP contribution in [0.2, 0.25) is 0 Å². The Kier molecular flexibility index (Phi) is 9.69. The first-order valence-electron chi connectivity index (χ1n) is 7.27. The zero-order chi connectivity index (χ0) is 14.5. The number of hydrogen-bond donors (Lipinski definition) is 1. The van der Waals surface area contributed by atoms with Gasteiger partial charge in [0.05, 0.1) is 0 Å². The van der Waals surface area contributed by atoms with E-state index in [4.69, 9.17) is 0 Å². The minimum atomic E-state index is 0. The Morgan fingerprint density at radius 2 is 2.09 bits per heavy atom. The summed E-state index contributed by atoms with van der Waals surface area (Å²) >= 11 is 0. The van der Waals surface area contributed by atoms with Gasteiger partial charge in [0.1, 0.15) is 0 Å². The summed E-state index contributed by atoms with van der Waals surface area (Å²) < 4.78 is 0.